The fraction of sp³-hybridized carbons (Fsp3) is 1.00. The summed E-state index contributed by atoms with van der Waals surface area (Å²) in [5.41, 5.74) is 0. The minimum absolute atomic E-state index is 1.15. The Bertz CT molecular complexity index is 93.9. The van der Waals surface area contributed by atoms with E-state index in [2.05, 4.69) is 0 Å². The Hall–Kier alpha value is 0.160. The molecule has 44 valence electrons. The van der Waals surface area contributed by atoms with Crippen LogP contribution in [0.25, 0.3) is 0 Å². The normalized spacial score (nSPS) is 16.6. The zero-order valence-corrected chi connectivity index (χ0v) is 5.71. The lowest BCUT2D eigenvalue weighted by Crippen LogP contribution is -1.90. The van der Waals surface area contributed by atoms with Gasteiger partial charge >= 0.3 is 0 Å². The van der Waals surface area contributed by atoms with Crippen molar-refractivity contribution in [3.8, 4) is 0 Å². The van der Waals surface area contributed by atoms with Gasteiger partial charge in [0.2, 0.25) is 0 Å². The van der Waals surface area contributed by atoms with Crippen molar-refractivity contribution in [2.45, 2.75) is 12.8 Å². The van der Waals surface area contributed by atoms with Gasteiger partial charge in [-0.15, -0.1) is 0 Å². The molecule has 0 amide bonds. The maximum Gasteiger partial charge on any atom is 0.149 e. The highest BCUT2D eigenvalue weighted by Crippen LogP contribution is 2.42. The Morgan fingerprint density at radius 1 is 1.57 bits per heavy atom. The Balaban J connectivity index is 3.80. The largest absolute Gasteiger partial charge is 0.321 e. The van der Waals surface area contributed by atoms with Crippen LogP contribution >= 0.6 is 7.14 Å². The van der Waals surface area contributed by atoms with Gasteiger partial charge in [-0.3, -0.25) is 0 Å². The number of halogens is 1. The third kappa shape index (κ3) is 2.81. The second kappa shape index (κ2) is 1.95. The Kier molecular flexibility index (Phi) is 2.00. The molecular weight excluding hydrogens is 114 g/mol. The van der Waals surface area contributed by atoms with E-state index in [1.165, 1.54) is 20.3 Å². The SMILES string of the molecule is C[C@H](F)P(C)(C)=O. The molecule has 0 saturated heterocycles. The van der Waals surface area contributed by atoms with E-state index >= 15 is 0 Å². The van der Waals surface area contributed by atoms with Crippen LogP contribution < -0.4 is 0 Å². The number of hydrogen-bond donors (Lipinski definition) is 0. The monoisotopic (exact) mass is 124 g/mol. The molecule has 0 radical (unpaired) electrons. The topological polar surface area (TPSA) is 17.1 Å². The van der Waals surface area contributed by atoms with Gasteiger partial charge in [-0.05, 0) is 20.3 Å². The Labute approximate surface area is 43.3 Å². The van der Waals surface area contributed by atoms with Crippen molar-refractivity contribution in [1.29, 1.82) is 0 Å². The molecule has 3 heteroatoms. The summed E-state index contributed by atoms with van der Waals surface area (Å²) < 4.78 is 22.5. The van der Waals surface area contributed by atoms with E-state index in [-0.39, 0.29) is 0 Å². The van der Waals surface area contributed by atoms with E-state index in [1.807, 2.05) is 0 Å². The van der Waals surface area contributed by atoms with Crippen LogP contribution in [0.4, 0.5) is 4.39 Å². The van der Waals surface area contributed by atoms with Gasteiger partial charge in [0.1, 0.15) is 13.1 Å². The summed E-state index contributed by atoms with van der Waals surface area (Å²) in [6.07, 6.45) is 0. The predicted molar refractivity (Wildman–Crippen MR) is 30.0 cm³/mol. The predicted octanol–water partition coefficient (Wildman–Crippen LogP) is 1.92. The minimum Gasteiger partial charge on any atom is -0.321 e. The van der Waals surface area contributed by atoms with Gasteiger partial charge in [-0.25, -0.2) is 4.39 Å². The molecule has 0 rings (SSSR count). The van der Waals surface area contributed by atoms with E-state index in [4.69, 9.17) is 0 Å². The molecule has 0 saturated carbocycles. The van der Waals surface area contributed by atoms with Crippen molar-refractivity contribution < 1.29 is 8.96 Å². The molecule has 0 aromatic carbocycles. The molecule has 0 aromatic rings. The zero-order chi connectivity index (χ0) is 6.08. The van der Waals surface area contributed by atoms with Crippen molar-refractivity contribution in [1.82, 2.24) is 0 Å². The van der Waals surface area contributed by atoms with Gasteiger partial charge in [-0.2, -0.15) is 0 Å². The van der Waals surface area contributed by atoms with Crippen molar-refractivity contribution in [2.75, 3.05) is 13.3 Å². The molecule has 1 nitrogen and oxygen atoms in total. The zero-order valence-electron chi connectivity index (χ0n) is 4.81. The maximum absolute atomic E-state index is 11.9. The van der Waals surface area contributed by atoms with Crippen LogP contribution in [0.15, 0.2) is 0 Å². The van der Waals surface area contributed by atoms with Gasteiger partial charge < -0.3 is 4.57 Å². The van der Waals surface area contributed by atoms with Gasteiger partial charge in [0.05, 0.1) is 0 Å². The standard InChI is InChI=1S/C4H10FOP/c1-4(5)7(2,3)6/h4H,1-3H3/t4-/m1/s1. The van der Waals surface area contributed by atoms with Crippen LogP contribution in [0.5, 0.6) is 0 Å². The first-order valence-electron chi connectivity index (χ1n) is 2.13. The molecule has 0 aliphatic rings. The lowest BCUT2D eigenvalue weighted by Gasteiger charge is -2.04. The highest BCUT2D eigenvalue weighted by molar-refractivity contribution is 7.62. The summed E-state index contributed by atoms with van der Waals surface area (Å²) in [5, 5.41) is 0. The Morgan fingerprint density at radius 2 is 1.71 bits per heavy atom. The van der Waals surface area contributed by atoms with Crippen LogP contribution in [0.2, 0.25) is 0 Å². The third-order valence-electron chi connectivity index (χ3n) is 0.857. The van der Waals surface area contributed by atoms with Crippen LogP contribution in [0, 0.1) is 0 Å². The van der Waals surface area contributed by atoms with Crippen LogP contribution in [-0.2, 0) is 4.57 Å². The second-order valence-electron chi connectivity index (χ2n) is 2.01. The molecule has 0 bridgehead atoms. The molecule has 0 fully saturated rings. The minimum atomic E-state index is -2.40. The van der Waals surface area contributed by atoms with E-state index in [0.717, 1.165) is 0 Å². The van der Waals surface area contributed by atoms with E-state index in [9.17, 15) is 8.96 Å². The van der Waals surface area contributed by atoms with Crippen LogP contribution in [-0.4, -0.2) is 19.2 Å². The first kappa shape index (κ1) is 7.16. The maximum atomic E-state index is 11.9. The first-order valence-corrected chi connectivity index (χ1v) is 4.80. The summed E-state index contributed by atoms with van der Waals surface area (Å²) >= 11 is 0. The van der Waals surface area contributed by atoms with Gasteiger partial charge in [0.25, 0.3) is 0 Å². The van der Waals surface area contributed by atoms with Crippen LogP contribution in [0.1, 0.15) is 6.92 Å². The molecule has 0 aliphatic carbocycles. The van der Waals surface area contributed by atoms with Crippen molar-refractivity contribution in [3.05, 3.63) is 0 Å². The summed E-state index contributed by atoms with van der Waals surface area (Å²) in [7, 11) is -2.40. The smallest absolute Gasteiger partial charge is 0.149 e. The quantitative estimate of drug-likeness (QED) is 0.488. The molecule has 0 spiro atoms. The molecule has 0 unspecified atom stereocenters. The van der Waals surface area contributed by atoms with Crippen molar-refractivity contribution in [3.63, 3.8) is 0 Å². The third-order valence-corrected chi connectivity index (χ3v) is 2.57. The van der Waals surface area contributed by atoms with Crippen molar-refractivity contribution in [2.24, 2.45) is 0 Å². The van der Waals surface area contributed by atoms with Crippen molar-refractivity contribution >= 4 is 7.14 Å². The summed E-state index contributed by atoms with van der Waals surface area (Å²) in [4.78, 5) is 0. The number of alkyl halides is 1. The molecule has 0 N–H and O–H groups in total. The van der Waals surface area contributed by atoms with E-state index in [1.54, 1.807) is 0 Å². The molecule has 7 heavy (non-hydrogen) atoms. The molecule has 0 heterocycles. The van der Waals surface area contributed by atoms with E-state index in [0.29, 0.717) is 0 Å². The lowest BCUT2D eigenvalue weighted by molar-refractivity contribution is 0.447. The summed E-state index contributed by atoms with van der Waals surface area (Å²) in [6.45, 7) is 4.20. The van der Waals surface area contributed by atoms with Gasteiger partial charge in [-0.1, -0.05) is 0 Å². The number of hydrogen-bond acceptors (Lipinski definition) is 1. The highest BCUT2D eigenvalue weighted by atomic mass is 31.2. The Morgan fingerprint density at radius 3 is 1.71 bits per heavy atom. The first-order chi connectivity index (χ1) is 2.94. The van der Waals surface area contributed by atoms with Gasteiger partial charge in [0, 0.05) is 0 Å². The van der Waals surface area contributed by atoms with Gasteiger partial charge in [0.15, 0.2) is 0 Å². The summed E-state index contributed by atoms with van der Waals surface area (Å²) in [5.74, 6) is -1.15. The average molecular weight is 124 g/mol. The molecular formula is C4H10FOP. The average Bonchev–Trinajstić information content (AvgIpc) is 1.31. The second-order valence-corrected chi connectivity index (χ2v) is 5.59. The molecule has 0 aromatic heterocycles. The van der Waals surface area contributed by atoms with Crippen LogP contribution in [0.3, 0.4) is 0 Å². The fourth-order valence-electron chi connectivity index (χ4n) is 0. The highest BCUT2D eigenvalue weighted by Gasteiger charge is 2.15. The summed E-state index contributed by atoms with van der Waals surface area (Å²) in [6, 6.07) is 0. The molecule has 1 atom stereocenters. The lowest BCUT2D eigenvalue weighted by atomic mass is 10.9. The fourth-order valence-corrected chi connectivity index (χ4v) is 0. The molecule has 0 aliphatic heterocycles. The van der Waals surface area contributed by atoms with E-state index < -0.39 is 13.1 Å². The number of rotatable bonds is 1.